The Balaban J connectivity index is 2.14. The molecule has 18 heavy (non-hydrogen) atoms. The zero-order valence-electron chi connectivity index (χ0n) is 9.45. The summed E-state index contributed by atoms with van der Waals surface area (Å²) in [6.07, 6.45) is 0. The van der Waals surface area contributed by atoms with Crippen molar-refractivity contribution in [3.63, 3.8) is 0 Å². The molecule has 0 amide bonds. The van der Waals surface area contributed by atoms with Crippen LogP contribution in [0.15, 0.2) is 51.4 Å². The molecule has 0 aliphatic heterocycles. The summed E-state index contributed by atoms with van der Waals surface area (Å²) in [5.74, 6) is 0. The standard InChI is InChI=1S/C14H10Br2N2/c15-12-5-6-14(13(16)7-12)18-9-11-4-2-1-3-10(11)8-17/h1-7,18H,9H2. The van der Waals surface area contributed by atoms with Crippen LogP contribution in [0.1, 0.15) is 11.1 Å². The van der Waals surface area contributed by atoms with Gasteiger partial charge < -0.3 is 5.32 Å². The highest BCUT2D eigenvalue weighted by molar-refractivity contribution is 9.11. The van der Waals surface area contributed by atoms with Gasteiger partial charge in [0.1, 0.15) is 0 Å². The fourth-order valence-corrected chi connectivity index (χ4v) is 2.79. The Labute approximate surface area is 123 Å². The van der Waals surface area contributed by atoms with Gasteiger partial charge >= 0.3 is 0 Å². The molecule has 0 atom stereocenters. The second kappa shape index (κ2) is 6.03. The van der Waals surface area contributed by atoms with Crippen LogP contribution in [0, 0.1) is 11.3 Å². The summed E-state index contributed by atoms with van der Waals surface area (Å²) >= 11 is 6.91. The van der Waals surface area contributed by atoms with Crippen molar-refractivity contribution < 1.29 is 0 Å². The molecule has 0 saturated heterocycles. The molecule has 0 aliphatic rings. The minimum atomic E-state index is 0.629. The summed E-state index contributed by atoms with van der Waals surface area (Å²) in [5, 5.41) is 12.3. The van der Waals surface area contributed by atoms with E-state index in [2.05, 4.69) is 43.2 Å². The molecule has 0 unspecified atom stereocenters. The Morgan fingerprint density at radius 1 is 1.11 bits per heavy atom. The molecule has 0 bridgehead atoms. The van der Waals surface area contributed by atoms with E-state index in [0.29, 0.717) is 12.1 Å². The van der Waals surface area contributed by atoms with Crippen molar-refractivity contribution >= 4 is 37.5 Å². The van der Waals surface area contributed by atoms with Gasteiger partial charge in [0.05, 0.1) is 11.6 Å². The zero-order chi connectivity index (χ0) is 13.0. The van der Waals surface area contributed by atoms with E-state index in [4.69, 9.17) is 5.26 Å². The molecule has 90 valence electrons. The van der Waals surface area contributed by atoms with Crippen molar-refractivity contribution in [2.45, 2.75) is 6.54 Å². The van der Waals surface area contributed by atoms with Crippen LogP contribution in [-0.2, 0) is 6.54 Å². The number of nitriles is 1. The summed E-state index contributed by atoms with van der Waals surface area (Å²) in [5.41, 5.74) is 2.71. The molecule has 2 aromatic rings. The zero-order valence-corrected chi connectivity index (χ0v) is 12.6. The number of benzene rings is 2. The van der Waals surface area contributed by atoms with Crippen LogP contribution in [0.2, 0.25) is 0 Å². The molecular formula is C14H10Br2N2. The molecule has 0 fully saturated rings. The highest BCUT2D eigenvalue weighted by Gasteiger charge is 2.03. The Kier molecular flexibility index (Phi) is 4.40. The highest BCUT2D eigenvalue weighted by atomic mass is 79.9. The van der Waals surface area contributed by atoms with Crippen molar-refractivity contribution in [1.29, 1.82) is 5.26 Å². The van der Waals surface area contributed by atoms with Crippen molar-refractivity contribution in [1.82, 2.24) is 0 Å². The lowest BCUT2D eigenvalue weighted by atomic mass is 10.1. The van der Waals surface area contributed by atoms with Gasteiger partial charge in [-0.1, -0.05) is 34.1 Å². The van der Waals surface area contributed by atoms with E-state index in [9.17, 15) is 0 Å². The van der Waals surface area contributed by atoms with Gasteiger partial charge in [0.2, 0.25) is 0 Å². The van der Waals surface area contributed by atoms with Crippen LogP contribution >= 0.6 is 31.9 Å². The maximum atomic E-state index is 9.01. The Bertz CT molecular complexity index is 603. The third-order valence-electron chi connectivity index (χ3n) is 2.54. The topological polar surface area (TPSA) is 35.8 Å². The van der Waals surface area contributed by atoms with Gasteiger partial charge in [0, 0.05) is 21.2 Å². The van der Waals surface area contributed by atoms with E-state index in [0.717, 1.165) is 20.2 Å². The molecule has 1 N–H and O–H groups in total. The van der Waals surface area contributed by atoms with Gasteiger partial charge in [-0.05, 0) is 45.8 Å². The van der Waals surface area contributed by atoms with Crippen molar-refractivity contribution in [3.05, 3.63) is 62.5 Å². The first-order valence-corrected chi connectivity index (χ1v) is 6.96. The predicted octanol–water partition coefficient (Wildman–Crippen LogP) is 4.70. The van der Waals surface area contributed by atoms with E-state index in [1.807, 2.05) is 42.5 Å². The molecule has 4 heteroatoms. The summed E-state index contributed by atoms with van der Waals surface area (Å²) < 4.78 is 2.02. The van der Waals surface area contributed by atoms with Gasteiger partial charge in [0.25, 0.3) is 0 Å². The first-order valence-electron chi connectivity index (χ1n) is 5.37. The van der Waals surface area contributed by atoms with Crippen LogP contribution in [0.3, 0.4) is 0 Å². The molecule has 0 saturated carbocycles. The maximum absolute atomic E-state index is 9.01. The Morgan fingerprint density at radius 2 is 1.89 bits per heavy atom. The molecule has 0 aromatic heterocycles. The number of anilines is 1. The Hall–Kier alpha value is -1.31. The van der Waals surface area contributed by atoms with Crippen LogP contribution in [-0.4, -0.2) is 0 Å². The van der Waals surface area contributed by atoms with Crippen LogP contribution in [0.25, 0.3) is 0 Å². The van der Waals surface area contributed by atoms with Crippen molar-refractivity contribution in [2.24, 2.45) is 0 Å². The van der Waals surface area contributed by atoms with Gasteiger partial charge in [-0.25, -0.2) is 0 Å². The van der Waals surface area contributed by atoms with Gasteiger partial charge in [-0.3, -0.25) is 0 Å². The largest absolute Gasteiger partial charge is 0.380 e. The number of rotatable bonds is 3. The second-order valence-electron chi connectivity index (χ2n) is 3.75. The average molecular weight is 366 g/mol. The molecule has 2 aromatic carbocycles. The van der Waals surface area contributed by atoms with E-state index >= 15 is 0 Å². The average Bonchev–Trinajstić information content (AvgIpc) is 2.38. The predicted molar refractivity (Wildman–Crippen MR) is 80.3 cm³/mol. The number of nitrogens with one attached hydrogen (secondary N) is 1. The first-order chi connectivity index (χ1) is 8.70. The number of nitrogens with zero attached hydrogens (tertiary/aromatic N) is 1. The van der Waals surface area contributed by atoms with E-state index < -0.39 is 0 Å². The van der Waals surface area contributed by atoms with Crippen molar-refractivity contribution in [3.8, 4) is 6.07 Å². The quantitative estimate of drug-likeness (QED) is 0.855. The SMILES string of the molecule is N#Cc1ccccc1CNc1ccc(Br)cc1Br. The Morgan fingerprint density at radius 3 is 2.61 bits per heavy atom. The fourth-order valence-electron chi connectivity index (χ4n) is 1.61. The van der Waals surface area contributed by atoms with E-state index in [1.54, 1.807) is 0 Å². The number of hydrogen-bond donors (Lipinski definition) is 1. The summed E-state index contributed by atoms with van der Waals surface area (Å²) in [7, 11) is 0. The molecule has 0 spiro atoms. The van der Waals surface area contributed by atoms with Gasteiger partial charge in [-0.2, -0.15) is 5.26 Å². The van der Waals surface area contributed by atoms with Crippen molar-refractivity contribution in [2.75, 3.05) is 5.32 Å². The first kappa shape index (κ1) is 13.1. The normalized spacial score (nSPS) is 9.83. The molecule has 2 nitrogen and oxygen atoms in total. The number of halogens is 2. The minimum Gasteiger partial charge on any atom is -0.380 e. The summed E-state index contributed by atoms with van der Waals surface area (Å²) in [6, 6.07) is 15.7. The molecule has 0 radical (unpaired) electrons. The molecule has 0 aliphatic carbocycles. The number of hydrogen-bond acceptors (Lipinski definition) is 2. The summed E-state index contributed by atoms with van der Waals surface area (Å²) in [6.45, 7) is 0.629. The maximum Gasteiger partial charge on any atom is 0.0995 e. The molecule has 0 heterocycles. The molecular weight excluding hydrogens is 356 g/mol. The second-order valence-corrected chi connectivity index (χ2v) is 5.52. The monoisotopic (exact) mass is 364 g/mol. The van der Waals surface area contributed by atoms with Gasteiger partial charge in [0.15, 0.2) is 0 Å². The lowest BCUT2D eigenvalue weighted by molar-refractivity contribution is 1.13. The van der Waals surface area contributed by atoms with E-state index in [-0.39, 0.29) is 0 Å². The summed E-state index contributed by atoms with van der Waals surface area (Å²) in [4.78, 5) is 0. The van der Waals surface area contributed by atoms with Crippen LogP contribution in [0.5, 0.6) is 0 Å². The van der Waals surface area contributed by atoms with E-state index in [1.165, 1.54) is 0 Å². The highest BCUT2D eigenvalue weighted by Crippen LogP contribution is 2.26. The fraction of sp³-hybridized carbons (Fsp3) is 0.0714. The smallest absolute Gasteiger partial charge is 0.0995 e. The lowest BCUT2D eigenvalue weighted by Gasteiger charge is -2.10. The van der Waals surface area contributed by atoms with Crippen LogP contribution in [0.4, 0.5) is 5.69 Å². The van der Waals surface area contributed by atoms with Crippen LogP contribution < -0.4 is 5.32 Å². The van der Waals surface area contributed by atoms with Gasteiger partial charge in [-0.15, -0.1) is 0 Å². The minimum absolute atomic E-state index is 0.629. The molecule has 2 rings (SSSR count). The third-order valence-corrected chi connectivity index (χ3v) is 3.69. The third kappa shape index (κ3) is 3.12. The lowest BCUT2D eigenvalue weighted by Crippen LogP contribution is -2.01.